The summed E-state index contributed by atoms with van der Waals surface area (Å²) in [5, 5.41) is 0.644. The molecule has 0 amide bonds. The fourth-order valence-electron chi connectivity index (χ4n) is 2.34. The van der Waals surface area contributed by atoms with Gasteiger partial charge in [0, 0.05) is 5.54 Å². The van der Waals surface area contributed by atoms with E-state index in [-0.39, 0.29) is 5.54 Å². The van der Waals surface area contributed by atoms with Crippen molar-refractivity contribution in [3.05, 3.63) is 64.2 Å². The Morgan fingerprint density at radius 1 is 1.10 bits per heavy atom. The molecule has 0 spiro atoms. The van der Waals surface area contributed by atoms with E-state index < -0.39 is 0 Å². The third-order valence-corrected chi connectivity index (χ3v) is 3.46. The van der Waals surface area contributed by atoms with Crippen LogP contribution in [0.1, 0.15) is 30.5 Å². The van der Waals surface area contributed by atoms with E-state index in [2.05, 4.69) is 6.07 Å². The van der Waals surface area contributed by atoms with Crippen LogP contribution in [0.2, 0.25) is 5.02 Å². The van der Waals surface area contributed by atoms with Crippen LogP contribution >= 0.6 is 11.6 Å². The van der Waals surface area contributed by atoms with Crippen molar-refractivity contribution in [3.8, 4) is 5.75 Å². The molecular weight excluding hydrogens is 282 g/mol. The Kier molecular flexibility index (Phi) is 4.92. The topological polar surface area (TPSA) is 35.2 Å². The normalized spacial score (nSPS) is 11.5. The number of nitrogens with two attached hydrogens (primary N) is 1. The molecule has 3 heteroatoms. The van der Waals surface area contributed by atoms with E-state index in [0.29, 0.717) is 11.6 Å². The van der Waals surface area contributed by atoms with E-state index in [1.165, 1.54) is 0 Å². The van der Waals surface area contributed by atoms with Gasteiger partial charge in [-0.2, -0.15) is 0 Å². The van der Waals surface area contributed by atoms with Crippen LogP contribution in [-0.4, -0.2) is 5.54 Å². The van der Waals surface area contributed by atoms with Gasteiger partial charge in [0.25, 0.3) is 0 Å². The second kappa shape index (κ2) is 6.50. The summed E-state index contributed by atoms with van der Waals surface area (Å²) in [7, 11) is 0. The van der Waals surface area contributed by atoms with Crippen molar-refractivity contribution in [1.29, 1.82) is 0 Å². The molecule has 112 valence electrons. The SMILES string of the molecule is Cc1cc(CC(C)(C)N)cc(Cl)c1OCc1ccccc1. The molecule has 2 N–H and O–H groups in total. The molecule has 2 aromatic carbocycles. The van der Waals surface area contributed by atoms with Gasteiger partial charge < -0.3 is 10.5 Å². The van der Waals surface area contributed by atoms with E-state index in [9.17, 15) is 0 Å². The third-order valence-electron chi connectivity index (χ3n) is 3.17. The van der Waals surface area contributed by atoms with Crippen LogP contribution in [0.4, 0.5) is 0 Å². The second-order valence-corrected chi connectivity index (χ2v) is 6.57. The van der Waals surface area contributed by atoms with Crippen LogP contribution in [0, 0.1) is 6.92 Å². The molecular formula is C18H22ClNO. The summed E-state index contributed by atoms with van der Waals surface area (Å²) in [5.74, 6) is 0.749. The van der Waals surface area contributed by atoms with Crippen LogP contribution in [-0.2, 0) is 13.0 Å². The molecule has 0 atom stereocenters. The molecule has 21 heavy (non-hydrogen) atoms. The van der Waals surface area contributed by atoms with Gasteiger partial charge >= 0.3 is 0 Å². The standard InChI is InChI=1S/C18H22ClNO/c1-13-9-15(11-18(2,3)20)10-16(19)17(13)21-12-14-7-5-4-6-8-14/h4-10H,11-12,20H2,1-3H3. The van der Waals surface area contributed by atoms with Crippen molar-refractivity contribution in [2.24, 2.45) is 5.73 Å². The molecule has 0 aliphatic heterocycles. The maximum absolute atomic E-state index is 6.36. The van der Waals surface area contributed by atoms with E-state index >= 15 is 0 Å². The smallest absolute Gasteiger partial charge is 0.141 e. The number of benzene rings is 2. The molecule has 2 nitrogen and oxygen atoms in total. The molecule has 0 unspecified atom stereocenters. The quantitative estimate of drug-likeness (QED) is 0.882. The fraction of sp³-hybridized carbons (Fsp3) is 0.333. The number of halogens is 1. The lowest BCUT2D eigenvalue weighted by Gasteiger charge is -2.20. The van der Waals surface area contributed by atoms with Crippen LogP contribution in [0.15, 0.2) is 42.5 Å². The zero-order valence-electron chi connectivity index (χ0n) is 12.8. The predicted octanol–water partition coefficient (Wildman–Crippen LogP) is 4.51. The molecule has 0 aliphatic rings. The number of aryl methyl sites for hydroxylation is 1. The monoisotopic (exact) mass is 303 g/mol. The first-order valence-corrected chi connectivity index (χ1v) is 7.47. The van der Waals surface area contributed by atoms with Crippen molar-refractivity contribution in [1.82, 2.24) is 0 Å². The van der Waals surface area contributed by atoms with Gasteiger partial charge in [-0.15, -0.1) is 0 Å². The van der Waals surface area contributed by atoms with E-state index in [1.54, 1.807) is 0 Å². The Bertz CT molecular complexity index is 579. The minimum absolute atomic E-state index is 0.248. The summed E-state index contributed by atoms with van der Waals surface area (Å²) in [5.41, 5.74) is 9.12. The number of hydrogen-bond acceptors (Lipinski definition) is 2. The summed E-state index contributed by atoms with van der Waals surface area (Å²) < 4.78 is 5.88. The average Bonchev–Trinajstić information content (AvgIpc) is 2.37. The van der Waals surface area contributed by atoms with Crippen molar-refractivity contribution < 1.29 is 4.74 Å². The van der Waals surface area contributed by atoms with Crippen LogP contribution in [0.25, 0.3) is 0 Å². The van der Waals surface area contributed by atoms with Gasteiger partial charge in [0.05, 0.1) is 5.02 Å². The lowest BCUT2D eigenvalue weighted by molar-refractivity contribution is 0.304. The van der Waals surface area contributed by atoms with E-state index in [1.807, 2.05) is 57.2 Å². The number of rotatable bonds is 5. The van der Waals surface area contributed by atoms with Gasteiger partial charge in [0.15, 0.2) is 0 Å². The highest BCUT2D eigenvalue weighted by molar-refractivity contribution is 6.32. The van der Waals surface area contributed by atoms with E-state index in [0.717, 1.165) is 28.9 Å². The zero-order valence-corrected chi connectivity index (χ0v) is 13.6. The number of hydrogen-bond donors (Lipinski definition) is 1. The van der Waals surface area contributed by atoms with Gasteiger partial charge in [0.2, 0.25) is 0 Å². The Balaban J connectivity index is 2.14. The Labute approximate surface area is 131 Å². The molecule has 0 fully saturated rings. The predicted molar refractivity (Wildman–Crippen MR) is 88.9 cm³/mol. The first-order chi connectivity index (χ1) is 9.85. The lowest BCUT2D eigenvalue weighted by atomic mass is 9.95. The molecule has 0 saturated heterocycles. The van der Waals surface area contributed by atoms with Crippen molar-refractivity contribution in [3.63, 3.8) is 0 Å². The van der Waals surface area contributed by atoms with Crippen molar-refractivity contribution in [2.75, 3.05) is 0 Å². The first-order valence-electron chi connectivity index (χ1n) is 7.10. The highest BCUT2D eigenvalue weighted by atomic mass is 35.5. The summed E-state index contributed by atoms with van der Waals surface area (Å²) in [6.07, 6.45) is 0.784. The van der Waals surface area contributed by atoms with Crippen molar-refractivity contribution >= 4 is 11.6 Å². The summed E-state index contributed by atoms with van der Waals surface area (Å²) in [6.45, 7) is 6.55. The second-order valence-electron chi connectivity index (χ2n) is 6.16. The molecule has 0 radical (unpaired) electrons. The van der Waals surface area contributed by atoms with Gasteiger partial charge in [-0.25, -0.2) is 0 Å². The summed E-state index contributed by atoms with van der Waals surface area (Å²) in [6, 6.07) is 14.1. The molecule has 0 aliphatic carbocycles. The van der Waals surface area contributed by atoms with Gasteiger partial charge in [-0.1, -0.05) is 48.0 Å². The molecule has 2 rings (SSSR count). The molecule has 0 heterocycles. The highest BCUT2D eigenvalue weighted by Crippen LogP contribution is 2.31. The minimum Gasteiger partial charge on any atom is -0.487 e. The molecule has 0 bridgehead atoms. The fourth-order valence-corrected chi connectivity index (χ4v) is 2.69. The number of ether oxygens (including phenoxy) is 1. The third kappa shape index (κ3) is 4.76. The maximum Gasteiger partial charge on any atom is 0.141 e. The zero-order chi connectivity index (χ0) is 15.5. The molecule has 2 aromatic rings. The van der Waals surface area contributed by atoms with Gasteiger partial charge in [-0.3, -0.25) is 0 Å². The largest absolute Gasteiger partial charge is 0.487 e. The van der Waals surface area contributed by atoms with E-state index in [4.69, 9.17) is 22.1 Å². The van der Waals surface area contributed by atoms with Crippen LogP contribution < -0.4 is 10.5 Å². The van der Waals surface area contributed by atoms with Crippen molar-refractivity contribution in [2.45, 2.75) is 39.3 Å². The van der Waals surface area contributed by atoms with Gasteiger partial charge in [-0.05, 0) is 49.9 Å². The average molecular weight is 304 g/mol. The molecule has 0 saturated carbocycles. The Morgan fingerprint density at radius 3 is 2.33 bits per heavy atom. The molecule has 0 aromatic heterocycles. The highest BCUT2D eigenvalue weighted by Gasteiger charge is 2.15. The van der Waals surface area contributed by atoms with Crippen LogP contribution in [0.3, 0.4) is 0 Å². The first kappa shape index (κ1) is 15.9. The summed E-state index contributed by atoms with van der Waals surface area (Å²) >= 11 is 6.36. The van der Waals surface area contributed by atoms with Crippen LogP contribution in [0.5, 0.6) is 5.75 Å². The Hall–Kier alpha value is -1.51. The maximum atomic E-state index is 6.36. The van der Waals surface area contributed by atoms with Gasteiger partial charge in [0.1, 0.15) is 12.4 Å². The Morgan fingerprint density at radius 2 is 1.76 bits per heavy atom. The lowest BCUT2D eigenvalue weighted by Crippen LogP contribution is -2.34. The summed E-state index contributed by atoms with van der Waals surface area (Å²) in [4.78, 5) is 0. The minimum atomic E-state index is -0.248.